The molecule has 0 fully saturated rings. The lowest BCUT2D eigenvalue weighted by atomic mass is 10.3. The Balaban J connectivity index is 1.96. The number of carbonyl (C=O) groups excluding carboxylic acids is 1. The fraction of sp³-hybridized carbons (Fsp3) is 0. The van der Waals surface area contributed by atoms with Gasteiger partial charge >= 0.3 is 0 Å². The lowest BCUT2D eigenvalue weighted by Gasteiger charge is -1.99. The number of aromatic nitrogens is 1. The van der Waals surface area contributed by atoms with E-state index < -0.39 is 0 Å². The van der Waals surface area contributed by atoms with Gasteiger partial charge < -0.3 is 5.32 Å². The number of halogens is 1. The highest BCUT2D eigenvalue weighted by molar-refractivity contribution is 9.11. The molecule has 0 aliphatic rings. The molecule has 2 rings (SSSR count). The Morgan fingerprint density at radius 1 is 1.41 bits per heavy atom. The molecule has 0 spiro atoms. The summed E-state index contributed by atoms with van der Waals surface area (Å²) in [7, 11) is 0. The van der Waals surface area contributed by atoms with E-state index >= 15 is 0 Å². The highest BCUT2D eigenvalue weighted by Gasteiger charge is 1.98. The van der Waals surface area contributed by atoms with Crippen molar-refractivity contribution < 1.29 is 4.79 Å². The van der Waals surface area contributed by atoms with Crippen molar-refractivity contribution in [2.75, 3.05) is 5.32 Å². The Morgan fingerprint density at radius 2 is 2.29 bits per heavy atom. The van der Waals surface area contributed by atoms with Crippen LogP contribution < -0.4 is 5.32 Å². The molecule has 2 aromatic rings. The fourth-order valence-corrected chi connectivity index (χ4v) is 2.52. The Morgan fingerprint density at radius 3 is 2.94 bits per heavy atom. The van der Waals surface area contributed by atoms with Gasteiger partial charge in [-0.25, -0.2) is 0 Å². The minimum absolute atomic E-state index is 0.164. The van der Waals surface area contributed by atoms with Gasteiger partial charge in [0.05, 0.1) is 15.7 Å². The predicted octanol–water partition coefficient (Wildman–Crippen LogP) is 3.56. The van der Waals surface area contributed by atoms with E-state index in [1.54, 1.807) is 41.9 Å². The number of thiophene rings is 1. The van der Waals surface area contributed by atoms with Crippen LogP contribution in [0.15, 0.2) is 46.5 Å². The molecule has 0 saturated carbocycles. The maximum absolute atomic E-state index is 11.6. The molecule has 0 atom stereocenters. The average molecular weight is 309 g/mol. The van der Waals surface area contributed by atoms with Crippen molar-refractivity contribution in [3.63, 3.8) is 0 Å². The number of hydrogen-bond donors (Lipinski definition) is 1. The fourth-order valence-electron chi connectivity index (χ4n) is 1.20. The van der Waals surface area contributed by atoms with Gasteiger partial charge in [-0.05, 0) is 46.3 Å². The van der Waals surface area contributed by atoms with Gasteiger partial charge in [0.15, 0.2) is 0 Å². The lowest BCUT2D eigenvalue weighted by molar-refractivity contribution is -0.111. The summed E-state index contributed by atoms with van der Waals surface area (Å²) in [5.41, 5.74) is 0.689. The second kappa shape index (κ2) is 5.75. The number of carbonyl (C=O) groups is 1. The normalized spacial score (nSPS) is 10.6. The molecule has 2 aromatic heterocycles. The Kier molecular flexibility index (Phi) is 4.06. The maximum Gasteiger partial charge on any atom is 0.248 e. The van der Waals surface area contributed by atoms with Crippen molar-refractivity contribution in [1.29, 1.82) is 0 Å². The van der Waals surface area contributed by atoms with Gasteiger partial charge in [0.1, 0.15) is 0 Å². The number of anilines is 1. The molecule has 0 unspecified atom stereocenters. The second-order valence-corrected chi connectivity index (χ2v) is 5.70. The standard InChI is InChI=1S/C12H9BrN2OS/c13-11-5-3-10(17-11)4-6-12(16)15-9-2-1-7-14-8-9/h1-8H,(H,15,16). The van der Waals surface area contributed by atoms with Crippen LogP contribution in [0.4, 0.5) is 5.69 Å². The number of amides is 1. The molecule has 0 bridgehead atoms. The van der Waals surface area contributed by atoms with E-state index in [1.807, 2.05) is 12.1 Å². The van der Waals surface area contributed by atoms with Gasteiger partial charge in [0.2, 0.25) is 5.91 Å². The summed E-state index contributed by atoms with van der Waals surface area (Å²) in [4.78, 5) is 16.5. The van der Waals surface area contributed by atoms with Crippen molar-refractivity contribution in [2.24, 2.45) is 0 Å². The quantitative estimate of drug-likeness (QED) is 0.881. The van der Waals surface area contributed by atoms with Crippen LogP contribution in [-0.4, -0.2) is 10.9 Å². The van der Waals surface area contributed by atoms with Crippen LogP contribution >= 0.6 is 27.3 Å². The summed E-state index contributed by atoms with van der Waals surface area (Å²) in [6, 6.07) is 7.46. The third kappa shape index (κ3) is 3.80. The van der Waals surface area contributed by atoms with E-state index in [0.717, 1.165) is 8.66 Å². The first-order chi connectivity index (χ1) is 8.24. The van der Waals surface area contributed by atoms with Gasteiger partial charge in [0, 0.05) is 17.2 Å². The van der Waals surface area contributed by atoms with Crippen molar-refractivity contribution in [1.82, 2.24) is 4.98 Å². The molecule has 1 N–H and O–H groups in total. The van der Waals surface area contributed by atoms with E-state index in [1.165, 1.54) is 6.08 Å². The molecule has 0 aromatic carbocycles. The minimum Gasteiger partial charge on any atom is -0.321 e. The molecule has 2 heterocycles. The van der Waals surface area contributed by atoms with E-state index in [2.05, 4.69) is 26.2 Å². The van der Waals surface area contributed by atoms with Crippen LogP contribution in [0.1, 0.15) is 4.88 Å². The monoisotopic (exact) mass is 308 g/mol. The summed E-state index contributed by atoms with van der Waals surface area (Å²) in [5.74, 6) is -0.164. The van der Waals surface area contributed by atoms with E-state index in [9.17, 15) is 4.79 Å². The molecular weight excluding hydrogens is 300 g/mol. The SMILES string of the molecule is O=C(C=Cc1ccc(Br)s1)Nc1cccnc1. The number of hydrogen-bond acceptors (Lipinski definition) is 3. The molecule has 0 saturated heterocycles. The van der Waals surface area contributed by atoms with Crippen LogP contribution in [0.25, 0.3) is 6.08 Å². The van der Waals surface area contributed by atoms with Gasteiger partial charge in [-0.2, -0.15) is 0 Å². The summed E-state index contributed by atoms with van der Waals surface area (Å²) >= 11 is 4.94. The van der Waals surface area contributed by atoms with Gasteiger partial charge in [-0.3, -0.25) is 9.78 Å². The first-order valence-corrected chi connectivity index (χ1v) is 6.49. The maximum atomic E-state index is 11.6. The third-order valence-corrected chi connectivity index (χ3v) is 3.51. The second-order valence-electron chi connectivity index (χ2n) is 3.21. The lowest BCUT2D eigenvalue weighted by Crippen LogP contribution is -2.07. The zero-order valence-corrected chi connectivity index (χ0v) is 11.2. The van der Waals surface area contributed by atoms with Gasteiger partial charge in [-0.15, -0.1) is 11.3 Å². The molecule has 0 aliphatic heterocycles. The number of rotatable bonds is 3. The topological polar surface area (TPSA) is 42.0 Å². The van der Waals surface area contributed by atoms with Crippen molar-refractivity contribution in [3.05, 3.63) is 51.4 Å². The molecule has 86 valence electrons. The predicted molar refractivity (Wildman–Crippen MR) is 73.9 cm³/mol. The summed E-state index contributed by atoms with van der Waals surface area (Å²) in [6.07, 6.45) is 6.55. The zero-order valence-electron chi connectivity index (χ0n) is 8.76. The van der Waals surface area contributed by atoms with Crippen molar-refractivity contribution >= 4 is 44.9 Å². The smallest absolute Gasteiger partial charge is 0.248 e. The van der Waals surface area contributed by atoms with E-state index in [0.29, 0.717) is 5.69 Å². The first-order valence-electron chi connectivity index (χ1n) is 4.88. The number of pyridine rings is 1. The van der Waals surface area contributed by atoms with Crippen molar-refractivity contribution in [2.45, 2.75) is 0 Å². The van der Waals surface area contributed by atoms with Crippen LogP contribution in [0.2, 0.25) is 0 Å². The molecule has 1 amide bonds. The molecular formula is C12H9BrN2OS. The van der Waals surface area contributed by atoms with Gasteiger partial charge in [-0.1, -0.05) is 0 Å². The Bertz CT molecular complexity index is 536. The van der Waals surface area contributed by atoms with Crippen LogP contribution in [0, 0.1) is 0 Å². The van der Waals surface area contributed by atoms with Crippen LogP contribution in [0.3, 0.4) is 0 Å². The van der Waals surface area contributed by atoms with E-state index in [4.69, 9.17) is 0 Å². The zero-order chi connectivity index (χ0) is 12.1. The largest absolute Gasteiger partial charge is 0.321 e. The first kappa shape index (κ1) is 12.0. The summed E-state index contributed by atoms with van der Waals surface area (Å²) in [6.45, 7) is 0. The minimum atomic E-state index is -0.164. The number of nitrogens with zero attached hydrogens (tertiary/aromatic N) is 1. The third-order valence-electron chi connectivity index (χ3n) is 1.92. The summed E-state index contributed by atoms with van der Waals surface area (Å²) < 4.78 is 1.05. The average Bonchev–Trinajstić information content (AvgIpc) is 2.74. The molecule has 5 heteroatoms. The van der Waals surface area contributed by atoms with E-state index in [-0.39, 0.29) is 5.91 Å². The van der Waals surface area contributed by atoms with Gasteiger partial charge in [0.25, 0.3) is 0 Å². The Hall–Kier alpha value is -1.46. The molecule has 3 nitrogen and oxygen atoms in total. The molecule has 0 radical (unpaired) electrons. The molecule has 0 aliphatic carbocycles. The number of nitrogens with one attached hydrogen (secondary N) is 1. The highest BCUT2D eigenvalue weighted by Crippen LogP contribution is 2.22. The van der Waals surface area contributed by atoms with Crippen molar-refractivity contribution in [3.8, 4) is 0 Å². The van der Waals surface area contributed by atoms with Crippen LogP contribution in [0.5, 0.6) is 0 Å². The van der Waals surface area contributed by atoms with Crippen LogP contribution in [-0.2, 0) is 4.79 Å². The Labute approximate surface area is 111 Å². The molecule has 17 heavy (non-hydrogen) atoms. The summed E-state index contributed by atoms with van der Waals surface area (Å²) in [5, 5.41) is 2.72. The highest BCUT2D eigenvalue weighted by atomic mass is 79.9.